The predicted molar refractivity (Wildman–Crippen MR) is 69.0 cm³/mol. The van der Waals surface area contributed by atoms with Gasteiger partial charge in [0.05, 0.1) is 54.1 Å². The van der Waals surface area contributed by atoms with Gasteiger partial charge < -0.3 is 18.9 Å². The maximum Gasteiger partial charge on any atom is 0.306 e. The Kier molecular flexibility index (Phi) is 8.03. The molecule has 0 radical (unpaired) electrons. The monoisotopic (exact) mass is 304 g/mol. The maximum atomic E-state index is 11.6. The number of rotatable bonds is 8. The standard InChI is InChI=1S/C13H20O8/c1-18-9(14)5-13(6-10(15)19-2,7-11(16)20-3)8-12(17)21-4/h5-8H2,1-4H3. The van der Waals surface area contributed by atoms with Gasteiger partial charge in [0.1, 0.15) is 0 Å². The van der Waals surface area contributed by atoms with Crippen LogP contribution >= 0.6 is 0 Å². The van der Waals surface area contributed by atoms with Gasteiger partial charge in [0, 0.05) is 5.41 Å². The summed E-state index contributed by atoms with van der Waals surface area (Å²) < 4.78 is 18.2. The van der Waals surface area contributed by atoms with Crippen molar-refractivity contribution in [2.45, 2.75) is 25.7 Å². The van der Waals surface area contributed by atoms with Crippen LogP contribution in [0.4, 0.5) is 0 Å². The topological polar surface area (TPSA) is 105 Å². The molecule has 0 bridgehead atoms. The lowest BCUT2D eigenvalue weighted by Gasteiger charge is -2.29. The Labute approximate surface area is 122 Å². The van der Waals surface area contributed by atoms with Gasteiger partial charge in [-0.1, -0.05) is 0 Å². The second-order valence-corrected chi connectivity index (χ2v) is 4.51. The minimum Gasteiger partial charge on any atom is -0.469 e. The van der Waals surface area contributed by atoms with E-state index in [4.69, 9.17) is 0 Å². The number of ether oxygens (including phenoxy) is 4. The highest BCUT2D eigenvalue weighted by molar-refractivity contribution is 5.81. The van der Waals surface area contributed by atoms with Crippen molar-refractivity contribution in [1.82, 2.24) is 0 Å². The van der Waals surface area contributed by atoms with Gasteiger partial charge in [-0.3, -0.25) is 19.2 Å². The van der Waals surface area contributed by atoms with Crippen molar-refractivity contribution in [2.75, 3.05) is 28.4 Å². The minimum absolute atomic E-state index is 0.317. The van der Waals surface area contributed by atoms with Crippen molar-refractivity contribution in [3.8, 4) is 0 Å². The van der Waals surface area contributed by atoms with E-state index in [0.29, 0.717) is 0 Å². The van der Waals surface area contributed by atoms with Gasteiger partial charge >= 0.3 is 23.9 Å². The zero-order valence-electron chi connectivity index (χ0n) is 12.6. The Balaban J connectivity index is 5.43. The fourth-order valence-corrected chi connectivity index (χ4v) is 1.89. The summed E-state index contributed by atoms with van der Waals surface area (Å²) in [6, 6.07) is 0. The third kappa shape index (κ3) is 6.73. The van der Waals surface area contributed by atoms with E-state index >= 15 is 0 Å². The summed E-state index contributed by atoms with van der Waals surface area (Å²) in [5.74, 6) is -2.64. The molecule has 0 aliphatic rings. The van der Waals surface area contributed by atoms with Gasteiger partial charge in [0.25, 0.3) is 0 Å². The van der Waals surface area contributed by atoms with Crippen LogP contribution in [0.2, 0.25) is 0 Å². The van der Waals surface area contributed by atoms with Crippen LogP contribution in [-0.4, -0.2) is 52.3 Å². The summed E-state index contributed by atoms with van der Waals surface area (Å²) in [5.41, 5.74) is -1.31. The second kappa shape index (κ2) is 8.93. The molecule has 21 heavy (non-hydrogen) atoms. The molecule has 0 rings (SSSR count). The largest absolute Gasteiger partial charge is 0.469 e. The highest BCUT2D eigenvalue weighted by Gasteiger charge is 2.41. The molecule has 8 nitrogen and oxygen atoms in total. The van der Waals surface area contributed by atoms with E-state index in [-0.39, 0.29) is 25.7 Å². The molecule has 0 N–H and O–H groups in total. The molecule has 0 aromatic carbocycles. The van der Waals surface area contributed by atoms with Crippen LogP contribution in [0.3, 0.4) is 0 Å². The average molecular weight is 304 g/mol. The zero-order valence-corrected chi connectivity index (χ0v) is 12.6. The molecule has 0 atom stereocenters. The lowest BCUT2D eigenvalue weighted by molar-refractivity contribution is -0.155. The average Bonchev–Trinajstić information content (AvgIpc) is 2.46. The molecule has 0 aromatic rings. The Morgan fingerprint density at radius 1 is 0.571 bits per heavy atom. The zero-order chi connectivity index (χ0) is 16.5. The van der Waals surface area contributed by atoms with Crippen molar-refractivity contribution in [3.63, 3.8) is 0 Å². The Morgan fingerprint density at radius 3 is 0.905 bits per heavy atom. The molecule has 0 aliphatic heterocycles. The second-order valence-electron chi connectivity index (χ2n) is 4.51. The first-order valence-electron chi connectivity index (χ1n) is 6.09. The minimum atomic E-state index is -1.31. The van der Waals surface area contributed by atoms with Gasteiger partial charge in [-0.2, -0.15) is 0 Å². The lowest BCUT2D eigenvalue weighted by Crippen LogP contribution is -2.34. The van der Waals surface area contributed by atoms with Crippen LogP contribution in [0.15, 0.2) is 0 Å². The van der Waals surface area contributed by atoms with Crippen LogP contribution in [0.5, 0.6) is 0 Å². The molecule has 0 saturated heterocycles. The van der Waals surface area contributed by atoms with Crippen molar-refractivity contribution < 1.29 is 38.1 Å². The Bertz CT molecular complexity index is 323. The number of hydrogen-bond donors (Lipinski definition) is 0. The Morgan fingerprint density at radius 2 is 0.762 bits per heavy atom. The van der Waals surface area contributed by atoms with Gasteiger partial charge in [-0.05, 0) is 0 Å². The van der Waals surface area contributed by atoms with Crippen LogP contribution in [0.1, 0.15) is 25.7 Å². The van der Waals surface area contributed by atoms with E-state index in [0.717, 1.165) is 0 Å². The predicted octanol–water partition coefficient (Wildman–Crippen LogP) is 0.225. The molecule has 0 unspecified atom stereocenters. The quantitative estimate of drug-likeness (QED) is 0.463. The molecule has 0 fully saturated rings. The maximum absolute atomic E-state index is 11.6. The van der Waals surface area contributed by atoms with Gasteiger partial charge in [-0.25, -0.2) is 0 Å². The molecule has 0 aliphatic carbocycles. The number of carbonyl (C=O) groups is 4. The molecule has 0 amide bonds. The van der Waals surface area contributed by atoms with Crippen LogP contribution < -0.4 is 0 Å². The number of carbonyl (C=O) groups excluding carboxylic acids is 4. The smallest absolute Gasteiger partial charge is 0.306 e. The van der Waals surface area contributed by atoms with Crippen LogP contribution in [0.25, 0.3) is 0 Å². The molecule has 120 valence electrons. The van der Waals surface area contributed by atoms with Crippen molar-refractivity contribution in [2.24, 2.45) is 5.41 Å². The summed E-state index contributed by atoms with van der Waals surface area (Å²) >= 11 is 0. The number of methoxy groups -OCH3 is 4. The van der Waals surface area contributed by atoms with E-state index < -0.39 is 29.3 Å². The fraction of sp³-hybridized carbons (Fsp3) is 0.692. The normalized spacial score (nSPS) is 10.5. The first-order valence-corrected chi connectivity index (χ1v) is 6.09. The van der Waals surface area contributed by atoms with E-state index in [1.54, 1.807) is 0 Å². The third-order valence-electron chi connectivity index (χ3n) is 2.99. The fourth-order valence-electron chi connectivity index (χ4n) is 1.89. The SMILES string of the molecule is COC(=O)CC(CC(=O)OC)(CC(=O)OC)CC(=O)OC. The van der Waals surface area contributed by atoms with E-state index in [2.05, 4.69) is 18.9 Å². The molecule has 0 saturated carbocycles. The van der Waals surface area contributed by atoms with E-state index in [1.807, 2.05) is 0 Å². The van der Waals surface area contributed by atoms with Crippen molar-refractivity contribution in [1.29, 1.82) is 0 Å². The van der Waals surface area contributed by atoms with Gasteiger partial charge in [-0.15, -0.1) is 0 Å². The van der Waals surface area contributed by atoms with Gasteiger partial charge in [0.2, 0.25) is 0 Å². The molecular formula is C13H20O8. The van der Waals surface area contributed by atoms with Crippen molar-refractivity contribution in [3.05, 3.63) is 0 Å². The summed E-state index contributed by atoms with van der Waals surface area (Å²) in [6.07, 6.45) is -1.27. The highest BCUT2D eigenvalue weighted by atomic mass is 16.5. The summed E-state index contributed by atoms with van der Waals surface area (Å²) in [7, 11) is 4.67. The summed E-state index contributed by atoms with van der Waals surface area (Å²) in [4.78, 5) is 46.2. The Hall–Kier alpha value is -2.12. The molecule has 8 heteroatoms. The number of hydrogen-bond acceptors (Lipinski definition) is 8. The molecule has 0 heterocycles. The molecular weight excluding hydrogens is 284 g/mol. The van der Waals surface area contributed by atoms with Crippen molar-refractivity contribution >= 4 is 23.9 Å². The molecule has 0 aromatic heterocycles. The van der Waals surface area contributed by atoms with Crippen LogP contribution in [0, 0.1) is 5.41 Å². The van der Waals surface area contributed by atoms with E-state index in [1.165, 1.54) is 28.4 Å². The summed E-state index contributed by atoms with van der Waals surface area (Å²) in [6.45, 7) is 0. The first-order chi connectivity index (χ1) is 9.82. The lowest BCUT2D eigenvalue weighted by atomic mass is 9.75. The van der Waals surface area contributed by atoms with Gasteiger partial charge in [0.15, 0.2) is 0 Å². The third-order valence-corrected chi connectivity index (χ3v) is 2.99. The molecule has 0 spiro atoms. The van der Waals surface area contributed by atoms with Crippen LogP contribution in [-0.2, 0) is 38.1 Å². The summed E-state index contributed by atoms with van der Waals surface area (Å²) in [5, 5.41) is 0. The van der Waals surface area contributed by atoms with E-state index in [9.17, 15) is 19.2 Å². The highest BCUT2D eigenvalue weighted by Crippen LogP contribution is 2.36. The number of esters is 4. The first kappa shape index (κ1) is 18.9.